The van der Waals surface area contributed by atoms with E-state index in [9.17, 15) is 0 Å². The van der Waals surface area contributed by atoms with E-state index in [4.69, 9.17) is 11.6 Å². The van der Waals surface area contributed by atoms with E-state index in [1.807, 2.05) is 18.2 Å². The summed E-state index contributed by atoms with van der Waals surface area (Å²) in [6.07, 6.45) is 0. The van der Waals surface area contributed by atoms with Crippen LogP contribution < -0.4 is 0 Å². The number of rotatable bonds is 2. The zero-order valence-corrected chi connectivity index (χ0v) is 11.9. The van der Waals surface area contributed by atoms with E-state index in [-0.39, 0.29) is 10.8 Å². The molecule has 1 atom stereocenters. The van der Waals surface area contributed by atoms with Gasteiger partial charge in [-0.05, 0) is 22.1 Å². The van der Waals surface area contributed by atoms with Crippen LogP contribution in [-0.2, 0) is 5.41 Å². The second-order valence-electron chi connectivity index (χ2n) is 5.65. The van der Waals surface area contributed by atoms with Crippen LogP contribution in [0.5, 0.6) is 0 Å². The van der Waals surface area contributed by atoms with Crippen LogP contribution in [0.15, 0.2) is 54.6 Å². The largest absolute Gasteiger partial charge is 0.113 e. The van der Waals surface area contributed by atoms with Gasteiger partial charge in [-0.15, -0.1) is 11.6 Å². The molecule has 0 radical (unpaired) electrons. The molecule has 0 aromatic heterocycles. The van der Waals surface area contributed by atoms with E-state index < -0.39 is 0 Å². The Morgan fingerprint density at radius 3 is 1.78 bits per heavy atom. The first-order valence-corrected chi connectivity index (χ1v) is 6.71. The summed E-state index contributed by atoms with van der Waals surface area (Å²) in [5.41, 5.74) is 3.81. The Morgan fingerprint density at radius 2 is 1.28 bits per heavy atom. The van der Waals surface area contributed by atoms with E-state index in [0.717, 1.165) is 11.1 Å². The summed E-state index contributed by atoms with van der Waals surface area (Å²) in [6.45, 7) is 6.66. The topological polar surface area (TPSA) is 0 Å². The van der Waals surface area contributed by atoms with Crippen molar-refractivity contribution in [2.75, 3.05) is 0 Å². The van der Waals surface area contributed by atoms with E-state index in [1.165, 1.54) is 5.56 Å². The van der Waals surface area contributed by atoms with Crippen LogP contribution in [0.2, 0.25) is 0 Å². The Bertz CT molecular complexity index is 491. The van der Waals surface area contributed by atoms with Gasteiger partial charge in [0.05, 0.1) is 5.38 Å². The van der Waals surface area contributed by atoms with Crippen molar-refractivity contribution in [3.8, 4) is 0 Å². The molecule has 2 aromatic carbocycles. The van der Waals surface area contributed by atoms with Crippen molar-refractivity contribution >= 4 is 11.6 Å². The Morgan fingerprint density at radius 1 is 0.778 bits per heavy atom. The van der Waals surface area contributed by atoms with Gasteiger partial charge in [-0.1, -0.05) is 75.4 Å². The van der Waals surface area contributed by atoms with Gasteiger partial charge < -0.3 is 0 Å². The molecular weight excluding hydrogens is 240 g/mol. The van der Waals surface area contributed by atoms with Crippen molar-refractivity contribution in [1.29, 1.82) is 0 Å². The molecule has 2 aromatic rings. The Labute approximate surface area is 115 Å². The highest BCUT2D eigenvalue weighted by atomic mass is 35.5. The van der Waals surface area contributed by atoms with Gasteiger partial charge in [-0.3, -0.25) is 0 Å². The van der Waals surface area contributed by atoms with Gasteiger partial charge >= 0.3 is 0 Å². The molecule has 0 bridgehead atoms. The molecule has 0 unspecified atom stereocenters. The normalized spacial score (nSPS) is 13.3. The number of hydrogen-bond donors (Lipinski definition) is 0. The summed E-state index contributed by atoms with van der Waals surface area (Å²) in [4.78, 5) is 0. The van der Waals surface area contributed by atoms with E-state index in [2.05, 4.69) is 57.2 Å². The predicted molar refractivity (Wildman–Crippen MR) is 79.3 cm³/mol. The van der Waals surface area contributed by atoms with Gasteiger partial charge in [-0.2, -0.15) is 0 Å². The molecule has 2 rings (SSSR count). The van der Waals surface area contributed by atoms with E-state index in [1.54, 1.807) is 0 Å². The van der Waals surface area contributed by atoms with Crippen LogP contribution in [0.1, 0.15) is 42.8 Å². The van der Waals surface area contributed by atoms with Gasteiger partial charge in [-0.25, -0.2) is 0 Å². The molecule has 0 amide bonds. The molecule has 0 spiro atoms. The first kappa shape index (κ1) is 13.2. The van der Waals surface area contributed by atoms with Crippen LogP contribution >= 0.6 is 11.6 Å². The minimum atomic E-state index is -0.0692. The lowest BCUT2D eigenvalue weighted by molar-refractivity contribution is 0.590. The van der Waals surface area contributed by atoms with Crippen LogP contribution in [0.25, 0.3) is 0 Å². The summed E-state index contributed by atoms with van der Waals surface area (Å²) < 4.78 is 0. The first-order valence-electron chi connectivity index (χ1n) is 6.28. The fourth-order valence-electron chi connectivity index (χ4n) is 1.97. The third-order valence-electron chi connectivity index (χ3n) is 3.16. The molecule has 0 nitrogen and oxygen atoms in total. The first-order chi connectivity index (χ1) is 8.48. The lowest BCUT2D eigenvalue weighted by atomic mass is 9.86. The highest BCUT2D eigenvalue weighted by molar-refractivity contribution is 6.22. The molecule has 0 heterocycles. The Kier molecular flexibility index (Phi) is 3.77. The van der Waals surface area contributed by atoms with Crippen molar-refractivity contribution in [2.45, 2.75) is 31.6 Å². The lowest BCUT2D eigenvalue weighted by Gasteiger charge is -2.20. The Hall–Kier alpha value is -1.27. The molecule has 0 aliphatic heterocycles. The van der Waals surface area contributed by atoms with Crippen LogP contribution in [0, 0.1) is 0 Å². The summed E-state index contributed by atoms with van der Waals surface area (Å²) in [6, 6.07) is 18.8. The second kappa shape index (κ2) is 5.16. The molecular formula is C17H19Cl. The van der Waals surface area contributed by atoms with E-state index >= 15 is 0 Å². The molecule has 0 aliphatic rings. The average molecular weight is 259 g/mol. The minimum Gasteiger partial charge on any atom is -0.113 e. The molecule has 0 aliphatic carbocycles. The standard InChI is InChI=1S/C17H19Cl/c1-17(2,3)15-11-9-14(10-12-15)16(18)13-7-5-4-6-8-13/h4-12,16H,1-3H3/t16-/m0/s1. The molecule has 0 N–H and O–H groups in total. The predicted octanol–water partition coefficient (Wildman–Crippen LogP) is 5.31. The number of alkyl halides is 1. The maximum Gasteiger partial charge on any atom is 0.0835 e. The quantitative estimate of drug-likeness (QED) is 0.640. The molecule has 0 saturated carbocycles. The van der Waals surface area contributed by atoms with Gasteiger partial charge in [0.25, 0.3) is 0 Å². The molecule has 94 valence electrons. The zero-order valence-electron chi connectivity index (χ0n) is 11.2. The van der Waals surface area contributed by atoms with Crippen molar-refractivity contribution in [2.24, 2.45) is 0 Å². The Balaban J connectivity index is 2.25. The highest BCUT2D eigenvalue weighted by Crippen LogP contribution is 2.30. The fraction of sp³-hybridized carbons (Fsp3) is 0.294. The monoisotopic (exact) mass is 258 g/mol. The maximum atomic E-state index is 6.50. The van der Waals surface area contributed by atoms with E-state index in [0.29, 0.717) is 0 Å². The van der Waals surface area contributed by atoms with Crippen LogP contribution in [0.3, 0.4) is 0 Å². The number of halogens is 1. The summed E-state index contributed by atoms with van der Waals surface area (Å²) in [5.74, 6) is 0. The second-order valence-corrected chi connectivity index (χ2v) is 6.08. The van der Waals surface area contributed by atoms with Crippen LogP contribution in [0.4, 0.5) is 0 Å². The summed E-state index contributed by atoms with van der Waals surface area (Å²) in [5, 5.41) is -0.0692. The van der Waals surface area contributed by atoms with Crippen molar-refractivity contribution in [3.05, 3.63) is 71.3 Å². The van der Waals surface area contributed by atoms with Crippen molar-refractivity contribution in [3.63, 3.8) is 0 Å². The minimum absolute atomic E-state index is 0.0692. The van der Waals surface area contributed by atoms with Gasteiger partial charge in [0.1, 0.15) is 0 Å². The lowest BCUT2D eigenvalue weighted by Crippen LogP contribution is -2.10. The highest BCUT2D eigenvalue weighted by Gasteiger charge is 2.15. The summed E-state index contributed by atoms with van der Waals surface area (Å²) in [7, 11) is 0. The molecule has 18 heavy (non-hydrogen) atoms. The smallest absolute Gasteiger partial charge is 0.0835 e. The number of benzene rings is 2. The van der Waals surface area contributed by atoms with Crippen LogP contribution in [-0.4, -0.2) is 0 Å². The third-order valence-corrected chi connectivity index (χ3v) is 3.67. The van der Waals surface area contributed by atoms with Gasteiger partial charge in [0, 0.05) is 0 Å². The van der Waals surface area contributed by atoms with Gasteiger partial charge in [0.2, 0.25) is 0 Å². The molecule has 0 fully saturated rings. The van der Waals surface area contributed by atoms with Gasteiger partial charge in [0.15, 0.2) is 0 Å². The van der Waals surface area contributed by atoms with Crippen molar-refractivity contribution < 1.29 is 0 Å². The third kappa shape index (κ3) is 2.94. The average Bonchev–Trinajstić information content (AvgIpc) is 2.38. The molecule has 0 saturated heterocycles. The van der Waals surface area contributed by atoms with Crippen molar-refractivity contribution in [1.82, 2.24) is 0 Å². The number of hydrogen-bond acceptors (Lipinski definition) is 0. The fourth-order valence-corrected chi connectivity index (χ4v) is 2.26. The SMILES string of the molecule is CC(C)(C)c1ccc([C@@H](Cl)c2ccccc2)cc1. The molecule has 1 heteroatoms. The maximum absolute atomic E-state index is 6.50. The zero-order chi connectivity index (χ0) is 13.2. The summed E-state index contributed by atoms with van der Waals surface area (Å²) >= 11 is 6.50.